The highest BCUT2D eigenvalue weighted by Gasteiger charge is 2.51. The lowest BCUT2D eigenvalue weighted by atomic mass is 9.67. The first-order valence-corrected chi connectivity index (χ1v) is 23.7. The Balaban J connectivity index is 0.958. The molecule has 0 atom stereocenters. The normalized spacial score (nSPS) is 13.2. The van der Waals surface area contributed by atoms with Crippen molar-refractivity contribution in [2.45, 2.75) is 15.2 Å². The molecule has 6 heterocycles. The molecule has 8 aromatic carbocycles. The predicted octanol–water partition coefficient (Wildman–Crippen LogP) is 14.3. The van der Waals surface area contributed by atoms with Crippen molar-refractivity contribution in [2.24, 2.45) is 0 Å². The van der Waals surface area contributed by atoms with Crippen molar-refractivity contribution in [2.75, 3.05) is 0 Å². The minimum Gasteiger partial charge on any atom is -0.309 e. The molecule has 8 heteroatoms. The summed E-state index contributed by atoms with van der Waals surface area (Å²) >= 11 is 1.81. The number of aromatic nitrogens is 5. The van der Waals surface area contributed by atoms with Crippen LogP contribution in [-0.4, -0.2) is 23.7 Å². The molecular formula is C61H33N7S. The summed E-state index contributed by atoms with van der Waals surface area (Å²) in [6.45, 7) is 0. The molecule has 0 amide bonds. The van der Waals surface area contributed by atoms with Gasteiger partial charge in [-0.2, -0.15) is 10.5 Å². The van der Waals surface area contributed by atoms with Crippen molar-refractivity contribution in [3.8, 4) is 40.6 Å². The number of nitriles is 2. The molecule has 1 aliphatic heterocycles. The molecule has 5 aromatic heterocycles. The molecule has 1 aliphatic carbocycles. The fourth-order valence-electron chi connectivity index (χ4n) is 11.9. The third-order valence-corrected chi connectivity index (χ3v) is 15.8. The minimum atomic E-state index is -0.672. The van der Waals surface area contributed by atoms with Crippen LogP contribution in [0.3, 0.4) is 0 Å². The maximum atomic E-state index is 9.88. The monoisotopic (exact) mass is 895 g/mol. The van der Waals surface area contributed by atoms with Gasteiger partial charge in [0.05, 0.1) is 73.2 Å². The second-order valence-corrected chi connectivity index (χ2v) is 19.0. The van der Waals surface area contributed by atoms with Crippen LogP contribution in [0, 0.1) is 22.7 Å². The van der Waals surface area contributed by atoms with E-state index in [0.717, 1.165) is 109 Å². The molecule has 0 saturated carbocycles. The molecule has 0 N–H and O–H groups in total. The third kappa shape index (κ3) is 5.00. The van der Waals surface area contributed by atoms with E-state index in [-0.39, 0.29) is 0 Å². The first-order valence-electron chi connectivity index (χ1n) is 22.9. The molecule has 15 rings (SSSR count). The summed E-state index contributed by atoms with van der Waals surface area (Å²) in [5.74, 6) is 0. The number of para-hydroxylation sites is 3. The number of pyridine rings is 2. The highest BCUT2D eigenvalue weighted by Crippen LogP contribution is 2.62. The van der Waals surface area contributed by atoms with Crippen molar-refractivity contribution in [3.63, 3.8) is 0 Å². The van der Waals surface area contributed by atoms with E-state index in [0.29, 0.717) is 11.1 Å². The number of hydrogen-bond acceptors (Lipinski definition) is 5. The Morgan fingerprint density at radius 3 is 1.22 bits per heavy atom. The van der Waals surface area contributed by atoms with Crippen LogP contribution in [0.15, 0.2) is 210 Å². The van der Waals surface area contributed by atoms with Crippen LogP contribution in [0.5, 0.6) is 0 Å². The zero-order valence-corrected chi connectivity index (χ0v) is 37.4. The van der Waals surface area contributed by atoms with Crippen LogP contribution in [0.1, 0.15) is 33.4 Å². The van der Waals surface area contributed by atoms with Crippen molar-refractivity contribution >= 4 is 77.2 Å². The molecule has 318 valence electrons. The SMILES string of the molecule is N#Cc1ccc2c(c1)c1ccccc1n2-c1ccc2c(c1)Sc1cc(-n3c4ccccc4c4cc(-n5c6ccccc6c6cc(C#N)ccc65)ccc43)ccc1C21c2cccnc2-c2ncccc21. The summed E-state index contributed by atoms with van der Waals surface area (Å²) in [5, 5.41) is 26.3. The van der Waals surface area contributed by atoms with Gasteiger partial charge in [0.15, 0.2) is 0 Å². The Morgan fingerprint density at radius 2 is 0.754 bits per heavy atom. The molecule has 0 bridgehead atoms. The van der Waals surface area contributed by atoms with Crippen LogP contribution < -0.4 is 0 Å². The number of benzene rings is 8. The largest absolute Gasteiger partial charge is 0.309 e. The molecule has 1 spiro atoms. The maximum Gasteiger partial charge on any atom is 0.0991 e. The quantitative estimate of drug-likeness (QED) is 0.176. The fourth-order valence-corrected chi connectivity index (χ4v) is 13.1. The lowest BCUT2D eigenvalue weighted by Gasteiger charge is -2.39. The summed E-state index contributed by atoms with van der Waals surface area (Å²) in [6.07, 6.45) is 3.75. The van der Waals surface area contributed by atoms with E-state index >= 15 is 0 Å². The standard InChI is InChI=1S/C61H33N7S/c62-34-36-17-24-54-44(29-36)41-9-1-4-14-51(41)66(54)38-21-26-56-46(31-38)43-11-3-6-16-53(43)68(56)40-20-23-48-58(33-40)69-57-32-39(67-52-15-5-2-10-42(52)45-30-37(35-63)18-25-55(45)67)19-22-47(57)61(48)49-12-7-27-64-59(49)60-50(61)13-8-28-65-60/h1-33H. The lowest BCUT2D eigenvalue weighted by molar-refractivity contribution is 0.718. The van der Waals surface area contributed by atoms with Crippen molar-refractivity contribution in [1.29, 1.82) is 10.5 Å². The zero-order valence-electron chi connectivity index (χ0n) is 36.6. The van der Waals surface area contributed by atoms with Crippen LogP contribution in [0.4, 0.5) is 0 Å². The average molecular weight is 896 g/mol. The van der Waals surface area contributed by atoms with E-state index in [2.05, 4.69) is 190 Å². The first kappa shape index (κ1) is 38.0. The van der Waals surface area contributed by atoms with Crippen molar-refractivity contribution in [3.05, 3.63) is 234 Å². The molecule has 0 saturated heterocycles. The Morgan fingerprint density at radius 1 is 0.362 bits per heavy atom. The van der Waals surface area contributed by atoms with Gasteiger partial charge in [0.2, 0.25) is 0 Å². The Bertz CT molecular complexity index is 4470. The number of nitrogens with zero attached hydrogens (tertiary/aromatic N) is 7. The van der Waals surface area contributed by atoms with Gasteiger partial charge in [0, 0.05) is 71.6 Å². The number of rotatable bonds is 3. The van der Waals surface area contributed by atoms with E-state index in [1.807, 2.05) is 48.4 Å². The second kappa shape index (κ2) is 13.9. The summed E-state index contributed by atoms with van der Waals surface area (Å²) in [7, 11) is 0. The van der Waals surface area contributed by atoms with Gasteiger partial charge >= 0.3 is 0 Å². The summed E-state index contributed by atoms with van der Waals surface area (Å²) in [5.41, 5.74) is 16.8. The van der Waals surface area contributed by atoms with Crippen LogP contribution in [0.2, 0.25) is 0 Å². The van der Waals surface area contributed by atoms with Crippen LogP contribution >= 0.6 is 11.8 Å². The van der Waals surface area contributed by atoms with Crippen LogP contribution in [0.25, 0.3) is 93.9 Å². The van der Waals surface area contributed by atoms with E-state index in [1.165, 1.54) is 16.5 Å². The smallest absolute Gasteiger partial charge is 0.0991 e. The Hall–Kier alpha value is -9.21. The van der Waals surface area contributed by atoms with Gasteiger partial charge in [0.25, 0.3) is 0 Å². The maximum absolute atomic E-state index is 9.88. The van der Waals surface area contributed by atoms with Gasteiger partial charge < -0.3 is 13.7 Å². The topological polar surface area (TPSA) is 88.1 Å². The van der Waals surface area contributed by atoms with Gasteiger partial charge in [-0.3, -0.25) is 9.97 Å². The highest BCUT2D eigenvalue weighted by molar-refractivity contribution is 7.99. The highest BCUT2D eigenvalue weighted by atomic mass is 32.2. The fraction of sp³-hybridized carbons (Fsp3) is 0.0164. The molecule has 0 radical (unpaired) electrons. The van der Waals surface area contributed by atoms with E-state index in [9.17, 15) is 10.5 Å². The average Bonchev–Trinajstić information content (AvgIpc) is 4.12. The van der Waals surface area contributed by atoms with Crippen molar-refractivity contribution in [1.82, 2.24) is 23.7 Å². The van der Waals surface area contributed by atoms with Gasteiger partial charge in [-0.25, -0.2) is 0 Å². The zero-order chi connectivity index (χ0) is 45.5. The van der Waals surface area contributed by atoms with Gasteiger partial charge in [-0.15, -0.1) is 0 Å². The van der Waals surface area contributed by atoms with E-state index < -0.39 is 5.41 Å². The van der Waals surface area contributed by atoms with Gasteiger partial charge in [0.1, 0.15) is 0 Å². The van der Waals surface area contributed by atoms with Crippen molar-refractivity contribution < 1.29 is 0 Å². The van der Waals surface area contributed by atoms with Gasteiger partial charge in [-0.1, -0.05) is 90.6 Å². The Kier molecular flexibility index (Phi) is 7.65. The van der Waals surface area contributed by atoms with Crippen LogP contribution in [-0.2, 0) is 5.41 Å². The third-order valence-electron chi connectivity index (χ3n) is 14.6. The molecule has 7 nitrogen and oxygen atoms in total. The summed E-state index contributed by atoms with van der Waals surface area (Å²) in [4.78, 5) is 12.3. The van der Waals surface area contributed by atoms with Gasteiger partial charge in [-0.05, 0) is 131 Å². The predicted molar refractivity (Wildman–Crippen MR) is 276 cm³/mol. The second-order valence-electron chi connectivity index (χ2n) is 18.0. The minimum absolute atomic E-state index is 0.643. The number of fused-ring (bicyclic) bond motifs is 18. The Labute approximate surface area is 399 Å². The molecule has 13 aromatic rings. The lowest BCUT2D eigenvalue weighted by Crippen LogP contribution is -2.32. The molecular weight excluding hydrogens is 863 g/mol. The first-order chi connectivity index (χ1) is 34.1. The van der Waals surface area contributed by atoms with E-state index in [1.54, 1.807) is 0 Å². The molecule has 2 aliphatic rings. The molecule has 69 heavy (non-hydrogen) atoms. The molecule has 0 fully saturated rings. The number of hydrogen-bond donors (Lipinski definition) is 0. The molecule has 0 unspecified atom stereocenters. The summed E-state index contributed by atoms with van der Waals surface area (Å²) in [6, 6.07) is 71.6. The van der Waals surface area contributed by atoms with E-state index in [4.69, 9.17) is 9.97 Å². The summed E-state index contributed by atoms with van der Waals surface area (Å²) < 4.78 is 7.06.